The standard InChI is InChI=1S/C22H30N2O/c1-21-10-7-15(25)13-14(21)3-4-16-17-5-6-19(20-9-12-23-24-20)22(17,2)11-8-18(16)21/h9,12-13,16-19H,3-8,10-11H2,1-2H3,(H,23,24)/t16-,17-,18-,19?,21-,22-/m0/s1. The number of nitrogens with one attached hydrogen (secondary N) is 1. The van der Waals surface area contributed by atoms with Gasteiger partial charge in [-0.05, 0) is 85.7 Å². The van der Waals surface area contributed by atoms with Crippen molar-refractivity contribution in [2.45, 2.75) is 71.1 Å². The molecule has 3 saturated carbocycles. The minimum Gasteiger partial charge on any atom is -0.295 e. The molecule has 0 radical (unpaired) electrons. The van der Waals surface area contributed by atoms with E-state index in [1.807, 2.05) is 12.3 Å². The van der Waals surface area contributed by atoms with Gasteiger partial charge in [0.15, 0.2) is 5.78 Å². The molecule has 0 amide bonds. The van der Waals surface area contributed by atoms with Crippen molar-refractivity contribution in [1.29, 1.82) is 0 Å². The van der Waals surface area contributed by atoms with Crippen molar-refractivity contribution in [1.82, 2.24) is 10.2 Å². The first-order valence-corrected chi connectivity index (χ1v) is 10.3. The summed E-state index contributed by atoms with van der Waals surface area (Å²) in [4.78, 5) is 11.9. The number of hydrogen-bond donors (Lipinski definition) is 1. The van der Waals surface area contributed by atoms with Gasteiger partial charge >= 0.3 is 0 Å². The summed E-state index contributed by atoms with van der Waals surface area (Å²) in [6.07, 6.45) is 13.6. The maximum atomic E-state index is 11.9. The van der Waals surface area contributed by atoms with Gasteiger partial charge in [-0.3, -0.25) is 9.89 Å². The lowest BCUT2D eigenvalue weighted by molar-refractivity contribution is -0.117. The highest BCUT2D eigenvalue weighted by molar-refractivity contribution is 5.91. The fourth-order valence-electron chi connectivity index (χ4n) is 7.53. The summed E-state index contributed by atoms with van der Waals surface area (Å²) in [5.41, 5.74) is 3.56. The van der Waals surface area contributed by atoms with E-state index in [2.05, 4.69) is 30.1 Å². The van der Waals surface area contributed by atoms with Crippen LogP contribution in [0.2, 0.25) is 0 Å². The summed E-state index contributed by atoms with van der Waals surface area (Å²) >= 11 is 0. The number of nitrogens with zero attached hydrogens (tertiary/aromatic N) is 1. The van der Waals surface area contributed by atoms with Gasteiger partial charge in [0, 0.05) is 24.2 Å². The van der Waals surface area contributed by atoms with Crippen molar-refractivity contribution in [2.24, 2.45) is 28.6 Å². The summed E-state index contributed by atoms with van der Waals surface area (Å²) in [6, 6.07) is 2.19. The number of aromatic nitrogens is 2. The largest absolute Gasteiger partial charge is 0.295 e. The summed E-state index contributed by atoms with van der Waals surface area (Å²) in [5, 5.41) is 7.50. The Balaban J connectivity index is 1.48. The zero-order valence-electron chi connectivity index (χ0n) is 15.6. The molecule has 0 spiro atoms. The minimum absolute atomic E-state index is 0.296. The Morgan fingerprint density at radius 3 is 2.76 bits per heavy atom. The molecular formula is C22H30N2O. The molecule has 0 saturated heterocycles. The normalized spacial score (nSPS) is 46.2. The number of aromatic amines is 1. The summed E-state index contributed by atoms with van der Waals surface area (Å²) in [6.45, 7) is 5.04. The number of rotatable bonds is 1. The molecule has 1 unspecified atom stereocenters. The number of allylic oxidation sites excluding steroid dienone is 1. The fraction of sp³-hybridized carbons (Fsp3) is 0.727. The first-order valence-electron chi connectivity index (χ1n) is 10.3. The van der Waals surface area contributed by atoms with Gasteiger partial charge in [-0.25, -0.2) is 0 Å². The molecule has 0 aliphatic heterocycles. The predicted molar refractivity (Wildman–Crippen MR) is 98.0 cm³/mol. The third kappa shape index (κ3) is 2.10. The van der Waals surface area contributed by atoms with E-state index >= 15 is 0 Å². The molecule has 1 N–H and O–H groups in total. The van der Waals surface area contributed by atoms with E-state index in [0.29, 0.717) is 22.5 Å². The number of H-pyrrole nitrogens is 1. The number of carbonyl (C=O) groups is 1. The second kappa shape index (κ2) is 5.31. The lowest BCUT2D eigenvalue weighted by atomic mass is 9.47. The van der Waals surface area contributed by atoms with Crippen LogP contribution in [0.3, 0.4) is 0 Å². The quantitative estimate of drug-likeness (QED) is 0.781. The average Bonchev–Trinajstić information content (AvgIpc) is 3.22. The highest BCUT2D eigenvalue weighted by Crippen LogP contribution is 2.68. The topological polar surface area (TPSA) is 45.8 Å². The minimum atomic E-state index is 0.296. The zero-order valence-corrected chi connectivity index (χ0v) is 15.6. The van der Waals surface area contributed by atoms with E-state index in [-0.39, 0.29) is 0 Å². The maximum absolute atomic E-state index is 11.9. The maximum Gasteiger partial charge on any atom is 0.155 e. The van der Waals surface area contributed by atoms with E-state index in [1.54, 1.807) is 0 Å². The Morgan fingerprint density at radius 1 is 1.08 bits per heavy atom. The van der Waals surface area contributed by atoms with Crippen molar-refractivity contribution in [3.05, 3.63) is 29.6 Å². The first kappa shape index (κ1) is 15.8. The smallest absolute Gasteiger partial charge is 0.155 e. The van der Waals surface area contributed by atoms with E-state index < -0.39 is 0 Å². The molecule has 3 heteroatoms. The number of fused-ring (bicyclic) bond motifs is 5. The molecule has 6 atom stereocenters. The van der Waals surface area contributed by atoms with Crippen molar-refractivity contribution < 1.29 is 4.79 Å². The SMILES string of the molecule is C[C@]12CCC(=O)C=C1CC[C@@H]1[C@@H]2CC[C@]2(C)C(c3ccn[nH]3)CC[C@@H]12. The summed E-state index contributed by atoms with van der Waals surface area (Å²) in [7, 11) is 0. The molecular weight excluding hydrogens is 308 g/mol. The Labute approximate surface area is 150 Å². The van der Waals surface area contributed by atoms with Gasteiger partial charge in [-0.15, -0.1) is 0 Å². The van der Waals surface area contributed by atoms with Crippen molar-refractivity contribution >= 4 is 5.78 Å². The molecule has 3 nitrogen and oxygen atoms in total. The number of ketones is 1. The van der Waals surface area contributed by atoms with E-state index in [9.17, 15) is 4.79 Å². The van der Waals surface area contributed by atoms with E-state index in [0.717, 1.165) is 37.0 Å². The zero-order chi connectivity index (χ0) is 17.2. The molecule has 4 aliphatic carbocycles. The van der Waals surface area contributed by atoms with Gasteiger partial charge in [0.1, 0.15) is 0 Å². The molecule has 3 fully saturated rings. The van der Waals surface area contributed by atoms with Crippen LogP contribution in [0.4, 0.5) is 0 Å². The lowest BCUT2D eigenvalue weighted by Crippen LogP contribution is -2.50. The fourth-order valence-corrected chi connectivity index (χ4v) is 7.53. The molecule has 5 rings (SSSR count). The van der Waals surface area contributed by atoms with Gasteiger partial charge in [0.2, 0.25) is 0 Å². The van der Waals surface area contributed by atoms with Crippen LogP contribution in [-0.2, 0) is 4.79 Å². The van der Waals surface area contributed by atoms with Crippen LogP contribution in [-0.4, -0.2) is 16.0 Å². The van der Waals surface area contributed by atoms with Gasteiger partial charge in [-0.2, -0.15) is 5.10 Å². The molecule has 1 aromatic heterocycles. The van der Waals surface area contributed by atoms with Gasteiger partial charge < -0.3 is 0 Å². The second-order valence-corrected chi connectivity index (χ2v) is 9.66. The summed E-state index contributed by atoms with van der Waals surface area (Å²) in [5.74, 6) is 3.50. The second-order valence-electron chi connectivity index (χ2n) is 9.66. The third-order valence-corrected chi connectivity index (χ3v) is 8.86. The Morgan fingerprint density at radius 2 is 1.96 bits per heavy atom. The van der Waals surface area contributed by atoms with Crippen molar-refractivity contribution in [3.63, 3.8) is 0 Å². The van der Waals surface area contributed by atoms with Crippen LogP contribution in [0.1, 0.15) is 76.8 Å². The molecule has 1 aromatic rings. The van der Waals surface area contributed by atoms with Crippen LogP contribution < -0.4 is 0 Å². The average molecular weight is 338 g/mol. The Bertz CT molecular complexity index is 720. The molecule has 25 heavy (non-hydrogen) atoms. The van der Waals surface area contributed by atoms with Crippen LogP contribution in [0.15, 0.2) is 23.9 Å². The molecule has 0 bridgehead atoms. The van der Waals surface area contributed by atoms with Crippen LogP contribution in [0.25, 0.3) is 0 Å². The molecule has 134 valence electrons. The number of carbonyl (C=O) groups excluding carboxylic acids is 1. The van der Waals surface area contributed by atoms with E-state index in [1.165, 1.54) is 43.4 Å². The third-order valence-electron chi connectivity index (χ3n) is 8.86. The Hall–Kier alpha value is -1.38. The van der Waals surface area contributed by atoms with Gasteiger partial charge in [0.25, 0.3) is 0 Å². The monoisotopic (exact) mass is 338 g/mol. The molecule has 1 heterocycles. The van der Waals surface area contributed by atoms with Gasteiger partial charge in [-0.1, -0.05) is 19.4 Å². The van der Waals surface area contributed by atoms with E-state index in [4.69, 9.17) is 0 Å². The highest BCUT2D eigenvalue weighted by Gasteiger charge is 2.59. The first-order chi connectivity index (χ1) is 12.0. The van der Waals surface area contributed by atoms with Crippen LogP contribution in [0, 0.1) is 28.6 Å². The molecule has 4 aliphatic rings. The van der Waals surface area contributed by atoms with Crippen LogP contribution in [0.5, 0.6) is 0 Å². The number of hydrogen-bond acceptors (Lipinski definition) is 2. The molecule has 0 aromatic carbocycles. The van der Waals surface area contributed by atoms with Gasteiger partial charge in [0.05, 0.1) is 0 Å². The predicted octanol–water partition coefficient (Wildman–Crippen LogP) is 5.03. The van der Waals surface area contributed by atoms with Crippen LogP contribution >= 0.6 is 0 Å². The lowest BCUT2D eigenvalue weighted by Gasteiger charge is -2.58. The van der Waals surface area contributed by atoms with Crippen molar-refractivity contribution in [2.75, 3.05) is 0 Å². The van der Waals surface area contributed by atoms with Crippen molar-refractivity contribution in [3.8, 4) is 0 Å². The Kier molecular flexibility index (Phi) is 3.37. The highest BCUT2D eigenvalue weighted by atomic mass is 16.1. The summed E-state index contributed by atoms with van der Waals surface area (Å²) < 4.78 is 0.